The van der Waals surface area contributed by atoms with Crippen molar-refractivity contribution < 1.29 is 14.0 Å². The number of nitrogens with two attached hydrogens (primary N) is 1. The van der Waals surface area contributed by atoms with Crippen LogP contribution < -0.4 is 5.73 Å². The Labute approximate surface area is 148 Å². The van der Waals surface area contributed by atoms with Crippen molar-refractivity contribution in [3.05, 3.63) is 64.0 Å². The summed E-state index contributed by atoms with van der Waals surface area (Å²) in [5.41, 5.74) is 8.49. The third-order valence-corrected chi connectivity index (χ3v) is 4.66. The van der Waals surface area contributed by atoms with Crippen molar-refractivity contribution in [3.8, 4) is 11.1 Å². The van der Waals surface area contributed by atoms with E-state index in [1.807, 2.05) is 12.3 Å². The lowest BCUT2D eigenvalue weighted by molar-refractivity contribution is 0.0785. The van der Waals surface area contributed by atoms with Gasteiger partial charge in [0.1, 0.15) is 5.01 Å². The Morgan fingerprint density at radius 2 is 2.00 bits per heavy atom. The highest BCUT2D eigenvalue weighted by atomic mass is 32.1. The second-order valence-corrected chi connectivity index (χ2v) is 6.66. The molecule has 1 aromatic carbocycles. The van der Waals surface area contributed by atoms with Crippen molar-refractivity contribution in [2.45, 2.75) is 13.5 Å². The molecule has 2 N–H and O–H groups in total. The first-order valence-corrected chi connectivity index (χ1v) is 8.46. The largest absolute Gasteiger partial charge is 0.472 e. The predicted octanol–water partition coefficient (Wildman–Crippen LogP) is 3.08. The lowest BCUT2D eigenvalue weighted by Gasteiger charge is -2.17. The van der Waals surface area contributed by atoms with E-state index in [0.717, 1.165) is 16.3 Å². The minimum Gasteiger partial charge on any atom is -0.472 e. The molecule has 25 heavy (non-hydrogen) atoms. The standard InChI is InChI=1S/C18H17N3O3S/c1-11-10-25-16(20-11)8-21(2)18(23)15-6-13(12-3-4-24-9-12)5-14(7-15)17(19)22/h3-7,9-10H,8H2,1-2H3,(H2,19,22). The second kappa shape index (κ2) is 6.90. The molecule has 0 bridgehead atoms. The number of hydrogen-bond acceptors (Lipinski definition) is 5. The van der Waals surface area contributed by atoms with E-state index in [2.05, 4.69) is 4.98 Å². The fourth-order valence-corrected chi connectivity index (χ4v) is 3.28. The lowest BCUT2D eigenvalue weighted by atomic mass is 10.0. The van der Waals surface area contributed by atoms with E-state index >= 15 is 0 Å². The van der Waals surface area contributed by atoms with Crippen molar-refractivity contribution in [3.63, 3.8) is 0 Å². The van der Waals surface area contributed by atoms with Crippen LogP contribution in [0.2, 0.25) is 0 Å². The number of amides is 2. The summed E-state index contributed by atoms with van der Waals surface area (Å²) in [5.74, 6) is -0.793. The quantitative estimate of drug-likeness (QED) is 0.761. The number of furan rings is 1. The Balaban J connectivity index is 1.92. The van der Waals surface area contributed by atoms with Gasteiger partial charge in [0.25, 0.3) is 5.91 Å². The molecule has 0 aliphatic heterocycles. The molecule has 0 aliphatic rings. The van der Waals surface area contributed by atoms with E-state index in [0.29, 0.717) is 17.7 Å². The summed E-state index contributed by atoms with van der Waals surface area (Å²) in [6.45, 7) is 2.31. The van der Waals surface area contributed by atoms with Crippen LogP contribution in [0.4, 0.5) is 0 Å². The van der Waals surface area contributed by atoms with Crippen LogP contribution >= 0.6 is 11.3 Å². The van der Waals surface area contributed by atoms with Crippen LogP contribution in [0.15, 0.2) is 46.6 Å². The smallest absolute Gasteiger partial charge is 0.254 e. The Kier molecular flexibility index (Phi) is 4.67. The Morgan fingerprint density at radius 1 is 1.24 bits per heavy atom. The van der Waals surface area contributed by atoms with Gasteiger partial charge in [-0.15, -0.1) is 11.3 Å². The maximum atomic E-state index is 12.8. The molecular formula is C18H17N3O3S. The van der Waals surface area contributed by atoms with Crippen LogP contribution in [0.5, 0.6) is 0 Å². The summed E-state index contributed by atoms with van der Waals surface area (Å²) in [7, 11) is 1.70. The van der Waals surface area contributed by atoms with Crippen LogP contribution in [0.25, 0.3) is 11.1 Å². The number of aromatic nitrogens is 1. The first kappa shape index (κ1) is 16.9. The van der Waals surface area contributed by atoms with E-state index in [-0.39, 0.29) is 11.5 Å². The molecule has 2 amide bonds. The molecule has 0 aliphatic carbocycles. The summed E-state index contributed by atoms with van der Waals surface area (Å²) < 4.78 is 5.08. The van der Waals surface area contributed by atoms with Crippen LogP contribution in [-0.4, -0.2) is 28.7 Å². The fraction of sp³-hybridized carbons (Fsp3) is 0.167. The number of rotatable bonds is 5. The summed E-state index contributed by atoms with van der Waals surface area (Å²) >= 11 is 1.51. The van der Waals surface area contributed by atoms with Gasteiger partial charge in [0.15, 0.2) is 0 Å². The Bertz CT molecular complexity index is 916. The molecular weight excluding hydrogens is 338 g/mol. The monoisotopic (exact) mass is 355 g/mol. The molecule has 3 aromatic rings. The molecule has 7 heteroatoms. The van der Waals surface area contributed by atoms with Gasteiger partial charge in [-0.3, -0.25) is 9.59 Å². The lowest BCUT2D eigenvalue weighted by Crippen LogP contribution is -2.26. The molecule has 0 spiro atoms. The maximum Gasteiger partial charge on any atom is 0.254 e. The first-order chi connectivity index (χ1) is 11.9. The molecule has 0 atom stereocenters. The van der Waals surface area contributed by atoms with E-state index in [1.54, 1.807) is 36.4 Å². The normalized spacial score (nSPS) is 10.6. The molecule has 3 rings (SSSR count). The van der Waals surface area contributed by atoms with Crippen molar-refractivity contribution in [1.82, 2.24) is 9.88 Å². The van der Waals surface area contributed by atoms with Gasteiger partial charge >= 0.3 is 0 Å². The number of benzene rings is 1. The second-order valence-electron chi connectivity index (χ2n) is 5.72. The number of primary amides is 1. The number of nitrogens with zero attached hydrogens (tertiary/aromatic N) is 2. The zero-order valence-corrected chi connectivity index (χ0v) is 14.7. The van der Waals surface area contributed by atoms with Gasteiger partial charge in [-0.1, -0.05) is 0 Å². The van der Waals surface area contributed by atoms with Crippen molar-refractivity contribution >= 4 is 23.2 Å². The van der Waals surface area contributed by atoms with Gasteiger partial charge in [-0.2, -0.15) is 0 Å². The van der Waals surface area contributed by atoms with Crippen molar-refractivity contribution in [2.24, 2.45) is 5.73 Å². The van der Waals surface area contributed by atoms with E-state index in [9.17, 15) is 9.59 Å². The zero-order valence-electron chi connectivity index (χ0n) is 13.9. The molecule has 0 fully saturated rings. The minimum absolute atomic E-state index is 0.208. The van der Waals surface area contributed by atoms with Gasteiger partial charge in [0, 0.05) is 34.8 Å². The molecule has 0 unspecified atom stereocenters. The molecule has 2 heterocycles. The average molecular weight is 355 g/mol. The first-order valence-electron chi connectivity index (χ1n) is 7.58. The fourth-order valence-electron chi connectivity index (χ4n) is 2.46. The highest BCUT2D eigenvalue weighted by Gasteiger charge is 2.17. The number of carbonyl (C=O) groups is 2. The Hall–Kier alpha value is -2.93. The summed E-state index contributed by atoms with van der Waals surface area (Å²) in [6, 6.07) is 6.64. The highest BCUT2D eigenvalue weighted by molar-refractivity contribution is 7.09. The number of aryl methyl sites for hydroxylation is 1. The van der Waals surface area contributed by atoms with Crippen LogP contribution in [0.1, 0.15) is 31.4 Å². The predicted molar refractivity (Wildman–Crippen MR) is 95.3 cm³/mol. The average Bonchev–Trinajstić information content (AvgIpc) is 3.25. The number of hydrogen-bond donors (Lipinski definition) is 1. The molecule has 2 aromatic heterocycles. The SMILES string of the molecule is Cc1csc(CN(C)C(=O)c2cc(C(N)=O)cc(-c3ccoc3)c2)n1. The van der Waals surface area contributed by atoms with Gasteiger partial charge in [0.2, 0.25) is 5.91 Å². The molecule has 0 saturated carbocycles. The molecule has 128 valence electrons. The van der Waals surface area contributed by atoms with Gasteiger partial charge in [0.05, 0.1) is 19.1 Å². The molecule has 6 nitrogen and oxygen atoms in total. The topological polar surface area (TPSA) is 89.4 Å². The summed E-state index contributed by atoms with van der Waals surface area (Å²) in [5, 5.41) is 2.80. The van der Waals surface area contributed by atoms with Crippen LogP contribution in [0.3, 0.4) is 0 Å². The molecule has 0 radical (unpaired) electrons. The van der Waals surface area contributed by atoms with E-state index in [4.69, 9.17) is 10.2 Å². The van der Waals surface area contributed by atoms with E-state index < -0.39 is 5.91 Å². The third-order valence-electron chi connectivity index (χ3n) is 3.70. The van der Waals surface area contributed by atoms with E-state index in [1.165, 1.54) is 23.7 Å². The summed E-state index contributed by atoms with van der Waals surface area (Å²) in [4.78, 5) is 30.3. The maximum absolute atomic E-state index is 12.8. The Morgan fingerprint density at radius 3 is 2.60 bits per heavy atom. The van der Waals surface area contributed by atoms with Gasteiger partial charge in [-0.05, 0) is 36.8 Å². The van der Waals surface area contributed by atoms with Gasteiger partial charge < -0.3 is 15.1 Å². The van der Waals surface area contributed by atoms with Crippen LogP contribution in [-0.2, 0) is 6.54 Å². The summed E-state index contributed by atoms with van der Waals surface area (Å²) in [6.07, 6.45) is 3.08. The van der Waals surface area contributed by atoms with Crippen molar-refractivity contribution in [2.75, 3.05) is 7.05 Å². The van der Waals surface area contributed by atoms with Gasteiger partial charge in [-0.25, -0.2) is 4.98 Å². The number of thiazole rings is 1. The minimum atomic E-state index is -0.586. The van der Waals surface area contributed by atoms with Crippen LogP contribution in [0, 0.1) is 6.92 Å². The molecule has 0 saturated heterocycles. The van der Waals surface area contributed by atoms with Crippen molar-refractivity contribution in [1.29, 1.82) is 0 Å². The highest BCUT2D eigenvalue weighted by Crippen LogP contribution is 2.24. The third kappa shape index (κ3) is 3.77. The number of carbonyl (C=O) groups excluding carboxylic acids is 2. The zero-order chi connectivity index (χ0) is 18.0.